The van der Waals surface area contributed by atoms with Gasteiger partial charge in [0.05, 0.1) is 11.4 Å². The SMILES string of the molecule is CS(=O)(=O)SCCNC(=O)C(CCCCNC(=O)CCCCCNC(=O)CCCCC1CSC2NC(=O)NC12)NC(=O)CCCCCNC(=O)c1c(F)c(F)c(N=[N+]=[N-])c(F)c1F. The number of urea groups is 1. The number of carbonyl (C=O) groups is 6. The van der Waals surface area contributed by atoms with E-state index in [1.807, 2.05) is 0 Å². The summed E-state index contributed by atoms with van der Waals surface area (Å²) in [6.07, 6.45) is 8.58. The maximum atomic E-state index is 14.3. The molecule has 4 unspecified atom stereocenters. The van der Waals surface area contributed by atoms with Crippen molar-refractivity contribution in [2.75, 3.05) is 43.9 Å². The van der Waals surface area contributed by atoms with E-state index in [2.05, 4.69) is 47.2 Å². The van der Waals surface area contributed by atoms with E-state index in [9.17, 15) is 54.7 Å². The number of rotatable bonds is 30. The minimum absolute atomic E-state index is 0.000550. The summed E-state index contributed by atoms with van der Waals surface area (Å²) in [7, 11) is -2.66. The molecule has 1 aromatic carbocycles. The minimum Gasteiger partial charge on any atom is -0.356 e. The number of benzene rings is 1. The van der Waals surface area contributed by atoms with Crippen molar-refractivity contribution in [3.05, 3.63) is 39.3 Å². The molecule has 2 fully saturated rings. The Kier molecular flexibility index (Phi) is 23.2. The number of nitrogens with one attached hydrogen (secondary N) is 7. The number of amides is 7. The van der Waals surface area contributed by atoms with Crippen molar-refractivity contribution in [2.45, 2.75) is 114 Å². The van der Waals surface area contributed by atoms with E-state index in [-0.39, 0.29) is 73.8 Å². The van der Waals surface area contributed by atoms with Gasteiger partial charge in [-0.25, -0.2) is 30.8 Å². The van der Waals surface area contributed by atoms with Crippen molar-refractivity contribution in [2.24, 2.45) is 11.0 Å². The van der Waals surface area contributed by atoms with Gasteiger partial charge in [0, 0.05) is 68.1 Å². The molecule has 352 valence electrons. The second kappa shape index (κ2) is 27.6. The zero-order valence-corrected chi connectivity index (χ0v) is 37.5. The lowest BCUT2D eigenvalue weighted by Gasteiger charge is -2.19. The molecule has 0 aliphatic carbocycles. The average molecular weight is 953 g/mol. The number of carbonyl (C=O) groups excluding carboxylic acids is 6. The van der Waals surface area contributed by atoms with Crippen molar-refractivity contribution in [1.29, 1.82) is 0 Å². The lowest BCUT2D eigenvalue weighted by molar-refractivity contribution is -0.129. The van der Waals surface area contributed by atoms with Crippen LogP contribution in [-0.2, 0) is 28.0 Å². The minimum atomic E-state index is -3.32. The Morgan fingerprint density at radius 3 is 1.95 bits per heavy atom. The smallest absolute Gasteiger partial charge is 0.316 e. The zero-order valence-electron chi connectivity index (χ0n) is 35.0. The summed E-state index contributed by atoms with van der Waals surface area (Å²) < 4.78 is 79.4. The van der Waals surface area contributed by atoms with Crippen LogP contribution in [0.3, 0.4) is 0 Å². The molecular formula is C38H56F4N10O8S3. The first-order valence-electron chi connectivity index (χ1n) is 20.8. The zero-order chi connectivity index (χ0) is 46.4. The molecule has 18 nitrogen and oxygen atoms in total. The molecule has 2 heterocycles. The number of azide groups is 1. The maximum absolute atomic E-state index is 14.3. The molecule has 7 amide bonds. The number of unbranched alkanes of at least 4 members (excludes halogenated alkanes) is 6. The highest BCUT2D eigenvalue weighted by atomic mass is 33.1. The van der Waals surface area contributed by atoms with Gasteiger partial charge in [0.25, 0.3) is 5.91 Å². The van der Waals surface area contributed by atoms with Gasteiger partial charge in [-0.1, -0.05) is 24.4 Å². The fraction of sp³-hybridized carbons (Fsp3) is 0.684. The van der Waals surface area contributed by atoms with Crippen LogP contribution < -0.4 is 37.2 Å². The standard InChI is InChI=1S/C38H56F4N10O8S3/c1-63(59,60)62-21-20-47-35(56)24(48-27(55)16-5-3-10-19-46-36(57)28-29(39)31(41)34(51-52-43)32(42)30(28)40)13-8-11-18-45-25(53)14-4-2-9-17-44-26(54)15-7-6-12-23-22-61-37-33(23)49-38(58)50-37/h23-24,33,37H,2-22H2,1H3,(H,44,54)(H,45,53)(H,46,57)(H,47,56)(H,48,55)(H2,49,50,58). The Morgan fingerprint density at radius 2 is 1.35 bits per heavy atom. The fourth-order valence-corrected chi connectivity index (χ4v) is 10.00. The first-order valence-corrected chi connectivity index (χ1v) is 25.3. The van der Waals surface area contributed by atoms with Crippen LogP contribution in [0, 0.1) is 29.2 Å². The Labute approximate surface area is 371 Å². The average Bonchev–Trinajstić information content (AvgIpc) is 3.79. The highest BCUT2D eigenvalue weighted by Gasteiger charge is 2.42. The van der Waals surface area contributed by atoms with E-state index < -0.39 is 67.2 Å². The van der Waals surface area contributed by atoms with Crippen LogP contribution in [0.15, 0.2) is 5.11 Å². The van der Waals surface area contributed by atoms with Gasteiger partial charge in [-0.05, 0) is 80.0 Å². The van der Waals surface area contributed by atoms with Gasteiger partial charge in [0.15, 0.2) is 32.1 Å². The Morgan fingerprint density at radius 1 is 0.778 bits per heavy atom. The number of nitrogens with zero attached hydrogens (tertiary/aromatic N) is 3. The summed E-state index contributed by atoms with van der Waals surface area (Å²) in [5.41, 5.74) is 5.28. The normalized spacial score (nSPS) is 17.1. The molecule has 0 bridgehead atoms. The molecule has 25 heteroatoms. The van der Waals surface area contributed by atoms with Crippen LogP contribution in [0.25, 0.3) is 10.4 Å². The predicted octanol–water partition coefficient (Wildman–Crippen LogP) is 4.66. The quantitative estimate of drug-likeness (QED) is 0.0107. The molecule has 2 saturated heterocycles. The van der Waals surface area contributed by atoms with Gasteiger partial charge in [-0.3, -0.25) is 24.0 Å². The van der Waals surface area contributed by atoms with Gasteiger partial charge in [-0.15, -0.1) is 11.8 Å². The van der Waals surface area contributed by atoms with Crippen molar-refractivity contribution in [1.82, 2.24) is 37.2 Å². The molecule has 0 spiro atoms. The molecule has 7 N–H and O–H groups in total. The van der Waals surface area contributed by atoms with Crippen LogP contribution in [0.1, 0.15) is 107 Å². The molecule has 0 aromatic heterocycles. The molecule has 4 atom stereocenters. The van der Waals surface area contributed by atoms with Crippen molar-refractivity contribution in [3.8, 4) is 0 Å². The highest BCUT2D eigenvalue weighted by Crippen LogP contribution is 2.35. The molecule has 2 aliphatic rings. The summed E-state index contributed by atoms with van der Waals surface area (Å²) in [4.78, 5) is 76.1. The summed E-state index contributed by atoms with van der Waals surface area (Å²) >= 11 is 1.76. The maximum Gasteiger partial charge on any atom is 0.316 e. The van der Waals surface area contributed by atoms with Gasteiger partial charge >= 0.3 is 6.03 Å². The van der Waals surface area contributed by atoms with Crippen LogP contribution >= 0.6 is 22.6 Å². The Bertz CT molecular complexity index is 1900. The first kappa shape index (κ1) is 52.9. The third kappa shape index (κ3) is 19.0. The third-order valence-electron chi connectivity index (χ3n) is 10.1. The topological polar surface area (TPSA) is 270 Å². The molecule has 2 aliphatic heterocycles. The van der Waals surface area contributed by atoms with Crippen LogP contribution in [0.4, 0.5) is 28.0 Å². The van der Waals surface area contributed by atoms with E-state index in [1.165, 1.54) is 0 Å². The summed E-state index contributed by atoms with van der Waals surface area (Å²) in [6.45, 7) is 0.738. The molecule has 0 radical (unpaired) electrons. The monoisotopic (exact) mass is 952 g/mol. The number of thioether (sulfide) groups is 1. The van der Waals surface area contributed by atoms with Crippen LogP contribution in [0.2, 0.25) is 0 Å². The van der Waals surface area contributed by atoms with E-state index in [1.54, 1.807) is 11.8 Å². The molecule has 3 rings (SSSR count). The molecule has 0 saturated carbocycles. The molecular weight excluding hydrogens is 897 g/mol. The summed E-state index contributed by atoms with van der Waals surface area (Å²) in [5.74, 6) is -9.16. The van der Waals surface area contributed by atoms with Gasteiger partial charge in [0.1, 0.15) is 17.3 Å². The second-order valence-corrected chi connectivity index (χ2v) is 20.8. The first-order chi connectivity index (χ1) is 30.0. The van der Waals surface area contributed by atoms with Gasteiger partial charge in [0.2, 0.25) is 23.6 Å². The number of hydrogen-bond acceptors (Lipinski definition) is 11. The third-order valence-corrected chi connectivity index (χ3v) is 14.1. The van der Waals surface area contributed by atoms with Crippen molar-refractivity contribution in [3.63, 3.8) is 0 Å². The Balaban J connectivity index is 1.27. The van der Waals surface area contributed by atoms with Gasteiger partial charge < -0.3 is 37.2 Å². The van der Waals surface area contributed by atoms with Gasteiger partial charge in [-0.2, -0.15) is 0 Å². The van der Waals surface area contributed by atoms with E-state index in [0.717, 1.165) is 44.1 Å². The lowest BCUT2D eigenvalue weighted by atomic mass is 9.96. The summed E-state index contributed by atoms with van der Waals surface area (Å²) in [5, 5.41) is 21.8. The largest absolute Gasteiger partial charge is 0.356 e. The Hall–Kier alpha value is -4.48. The van der Waals surface area contributed by atoms with Crippen molar-refractivity contribution >= 4 is 72.7 Å². The van der Waals surface area contributed by atoms with Crippen LogP contribution in [0.5, 0.6) is 0 Å². The van der Waals surface area contributed by atoms with E-state index >= 15 is 0 Å². The van der Waals surface area contributed by atoms with Crippen LogP contribution in [-0.4, -0.2) is 105 Å². The fourth-order valence-electron chi connectivity index (χ4n) is 6.83. The number of fused-ring (bicyclic) bond motifs is 1. The molecule has 63 heavy (non-hydrogen) atoms. The second-order valence-electron chi connectivity index (χ2n) is 15.1. The summed E-state index contributed by atoms with van der Waals surface area (Å²) in [6, 6.07) is -0.905. The van der Waals surface area contributed by atoms with E-state index in [0.29, 0.717) is 68.3 Å². The van der Waals surface area contributed by atoms with E-state index in [4.69, 9.17) is 5.53 Å². The predicted molar refractivity (Wildman–Crippen MR) is 230 cm³/mol. The molecule has 1 aromatic rings. The number of halogens is 4. The van der Waals surface area contributed by atoms with Crippen molar-refractivity contribution < 1.29 is 54.7 Å². The highest BCUT2D eigenvalue weighted by molar-refractivity contribution is 8.71. The lowest BCUT2D eigenvalue weighted by Crippen LogP contribution is -2.47. The number of hydrogen-bond donors (Lipinski definition) is 7.